The number of phenols is 1. The summed E-state index contributed by atoms with van der Waals surface area (Å²) in [6.45, 7) is 2.49. The number of hydrogen-bond acceptors (Lipinski definition) is 7. The SMILES string of the molecule is O=S(=O)(NC1CC1)c1ccccc1-c1cccc(CCCCOCCCCCCNCC(O)c2ccc(O)c(CO)c2)c1. The number of aromatic hydroxyl groups is 1. The van der Waals surface area contributed by atoms with Gasteiger partial charge in [0.15, 0.2) is 0 Å². The van der Waals surface area contributed by atoms with Gasteiger partial charge in [-0.05, 0) is 86.4 Å². The van der Waals surface area contributed by atoms with E-state index in [0.29, 0.717) is 22.6 Å². The topological polar surface area (TPSA) is 128 Å². The van der Waals surface area contributed by atoms with Crippen LogP contribution in [0.1, 0.15) is 74.2 Å². The van der Waals surface area contributed by atoms with Gasteiger partial charge in [-0.15, -0.1) is 0 Å². The molecule has 3 aromatic carbocycles. The maximum Gasteiger partial charge on any atom is 0.241 e. The number of benzene rings is 3. The second-order valence-electron chi connectivity index (χ2n) is 11.3. The van der Waals surface area contributed by atoms with Crippen molar-refractivity contribution in [1.82, 2.24) is 10.0 Å². The van der Waals surface area contributed by atoms with Gasteiger partial charge in [0.05, 0.1) is 17.6 Å². The highest BCUT2D eigenvalue weighted by Gasteiger charge is 2.29. The normalized spacial score (nSPS) is 14.2. The van der Waals surface area contributed by atoms with Crippen molar-refractivity contribution in [3.8, 4) is 16.9 Å². The van der Waals surface area contributed by atoms with Crippen LogP contribution in [0.3, 0.4) is 0 Å². The number of hydrogen-bond donors (Lipinski definition) is 5. The first-order valence-corrected chi connectivity index (χ1v) is 17.0. The quantitative estimate of drug-likeness (QED) is 0.111. The molecule has 1 aliphatic rings. The third-order valence-electron chi connectivity index (χ3n) is 7.71. The van der Waals surface area contributed by atoms with E-state index in [-0.39, 0.29) is 18.4 Å². The molecular weight excluding hydrogens is 564 g/mol. The lowest BCUT2D eigenvalue weighted by atomic mass is 10.0. The van der Waals surface area contributed by atoms with Crippen molar-refractivity contribution in [1.29, 1.82) is 0 Å². The van der Waals surface area contributed by atoms with E-state index < -0.39 is 16.1 Å². The van der Waals surface area contributed by atoms with Gasteiger partial charge in [0.25, 0.3) is 0 Å². The maximum atomic E-state index is 12.9. The van der Waals surface area contributed by atoms with E-state index in [0.717, 1.165) is 88.7 Å². The standard InChI is InChI=1S/C34H46N2O6S/c37-25-29-23-28(15-18-32(29)38)33(39)24-35-19-6-1-2-7-20-42-21-8-5-10-26-11-9-12-27(22-26)31-13-3-4-14-34(31)43(40,41)36-30-16-17-30/h3-4,9,11-15,18,22-23,30,33,35-39H,1-2,5-8,10,16-17,19-21,24-25H2. The van der Waals surface area contributed by atoms with Gasteiger partial charge < -0.3 is 25.4 Å². The highest BCUT2D eigenvalue weighted by Crippen LogP contribution is 2.30. The summed E-state index contributed by atoms with van der Waals surface area (Å²) in [6, 6.07) is 20.3. The molecule has 1 aliphatic carbocycles. The first-order valence-electron chi connectivity index (χ1n) is 15.5. The van der Waals surface area contributed by atoms with Crippen molar-refractivity contribution in [2.24, 2.45) is 0 Å². The molecule has 0 aromatic heterocycles. The van der Waals surface area contributed by atoms with E-state index in [1.807, 2.05) is 24.3 Å². The summed E-state index contributed by atoms with van der Waals surface area (Å²) in [5.74, 6) is 0.0356. The zero-order valence-corrected chi connectivity index (χ0v) is 25.7. The van der Waals surface area contributed by atoms with Crippen LogP contribution in [0, 0.1) is 0 Å². The molecule has 9 heteroatoms. The monoisotopic (exact) mass is 610 g/mol. The lowest BCUT2D eigenvalue weighted by Gasteiger charge is -2.14. The fourth-order valence-electron chi connectivity index (χ4n) is 5.06. The van der Waals surface area contributed by atoms with Crippen LogP contribution in [0.4, 0.5) is 0 Å². The average molecular weight is 611 g/mol. The van der Waals surface area contributed by atoms with Gasteiger partial charge in [-0.3, -0.25) is 0 Å². The molecule has 0 amide bonds. The average Bonchev–Trinajstić information content (AvgIpc) is 3.83. The van der Waals surface area contributed by atoms with E-state index >= 15 is 0 Å². The van der Waals surface area contributed by atoms with Crippen molar-refractivity contribution in [2.75, 3.05) is 26.3 Å². The second-order valence-corrected chi connectivity index (χ2v) is 13.0. The molecule has 1 atom stereocenters. The van der Waals surface area contributed by atoms with Crippen LogP contribution in [-0.2, 0) is 27.8 Å². The Bertz CT molecular complexity index is 1390. The van der Waals surface area contributed by atoms with Crippen molar-refractivity contribution in [2.45, 2.75) is 81.4 Å². The van der Waals surface area contributed by atoms with E-state index in [4.69, 9.17) is 4.74 Å². The summed E-state index contributed by atoms with van der Waals surface area (Å²) in [5, 5.41) is 32.5. The molecule has 0 heterocycles. The van der Waals surface area contributed by atoms with Crippen molar-refractivity contribution in [3.05, 3.63) is 83.4 Å². The van der Waals surface area contributed by atoms with Crippen LogP contribution in [0.15, 0.2) is 71.6 Å². The third-order valence-corrected chi connectivity index (χ3v) is 9.29. The van der Waals surface area contributed by atoms with Crippen LogP contribution < -0.4 is 10.0 Å². The Morgan fingerprint density at radius 1 is 0.884 bits per heavy atom. The number of ether oxygens (including phenoxy) is 1. The lowest BCUT2D eigenvalue weighted by Crippen LogP contribution is -2.26. The number of aryl methyl sites for hydroxylation is 1. The van der Waals surface area contributed by atoms with Gasteiger partial charge in [0.2, 0.25) is 10.0 Å². The Balaban J connectivity index is 1.05. The summed E-state index contributed by atoms with van der Waals surface area (Å²) in [5.41, 5.74) is 3.94. The van der Waals surface area contributed by atoms with Crippen LogP contribution >= 0.6 is 0 Å². The third kappa shape index (κ3) is 10.7. The summed E-state index contributed by atoms with van der Waals surface area (Å²) in [7, 11) is -3.54. The molecule has 0 radical (unpaired) electrons. The van der Waals surface area contributed by atoms with E-state index in [1.165, 1.54) is 11.6 Å². The summed E-state index contributed by atoms with van der Waals surface area (Å²) >= 11 is 0. The molecule has 0 bridgehead atoms. The Kier molecular flexibility index (Phi) is 13.0. The molecule has 5 N–H and O–H groups in total. The number of sulfonamides is 1. The number of nitrogens with one attached hydrogen (secondary N) is 2. The van der Waals surface area contributed by atoms with Crippen LogP contribution in [0.25, 0.3) is 11.1 Å². The maximum absolute atomic E-state index is 12.9. The summed E-state index contributed by atoms with van der Waals surface area (Å²) in [6.07, 6.45) is 8.29. The van der Waals surface area contributed by atoms with Gasteiger partial charge in [-0.2, -0.15) is 0 Å². The molecule has 1 saturated carbocycles. The van der Waals surface area contributed by atoms with E-state index in [2.05, 4.69) is 22.2 Å². The first-order chi connectivity index (χ1) is 20.9. The minimum Gasteiger partial charge on any atom is -0.508 e. The van der Waals surface area contributed by atoms with Gasteiger partial charge >= 0.3 is 0 Å². The molecule has 234 valence electrons. The van der Waals surface area contributed by atoms with Crippen LogP contribution in [0.2, 0.25) is 0 Å². The zero-order valence-electron chi connectivity index (χ0n) is 24.9. The minimum absolute atomic E-state index is 0.0356. The summed E-state index contributed by atoms with van der Waals surface area (Å²) in [4.78, 5) is 0.339. The molecule has 8 nitrogen and oxygen atoms in total. The van der Waals surface area contributed by atoms with Crippen molar-refractivity contribution >= 4 is 10.0 Å². The van der Waals surface area contributed by atoms with Gasteiger partial charge in [-0.1, -0.05) is 61.4 Å². The molecule has 1 fully saturated rings. The van der Waals surface area contributed by atoms with Crippen molar-refractivity contribution < 1.29 is 28.5 Å². The van der Waals surface area contributed by atoms with Crippen molar-refractivity contribution in [3.63, 3.8) is 0 Å². The second kappa shape index (κ2) is 16.9. The van der Waals surface area contributed by atoms with E-state index in [9.17, 15) is 23.7 Å². The predicted molar refractivity (Wildman–Crippen MR) is 169 cm³/mol. The largest absolute Gasteiger partial charge is 0.508 e. The molecule has 0 spiro atoms. The molecule has 1 unspecified atom stereocenters. The number of rotatable bonds is 20. The Hall–Kier alpha value is -2.79. The molecule has 0 aliphatic heterocycles. The number of unbranched alkanes of at least 4 members (excludes halogenated alkanes) is 4. The molecule has 3 aromatic rings. The number of aliphatic hydroxyl groups is 2. The first kappa shape index (κ1) is 33.1. The fraction of sp³-hybridized carbons (Fsp3) is 0.471. The Morgan fingerprint density at radius 2 is 1.65 bits per heavy atom. The smallest absolute Gasteiger partial charge is 0.241 e. The molecule has 43 heavy (non-hydrogen) atoms. The zero-order chi connectivity index (χ0) is 30.5. The fourth-order valence-corrected chi connectivity index (χ4v) is 6.59. The summed E-state index contributed by atoms with van der Waals surface area (Å²) < 4.78 is 34.4. The van der Waals surface area contributed by atoms with Gasteiger partial charge in [-0.25, -0.2) is 13.1 Å². The highest BCUT2D eigenvalue weighted by molar-refractivity contribution is 7.89. The lowest BCUT2D eigenvalue weighted by molar-refractivity contribution is 0.126. The highest BCUT2D eigenvalue weighted by atomic mass is 32.2. The molecule has 4 rings (SSSR count). The van der Waals surface area contributed by atoms with Crippen LogP contribution in [0.5, 0.6) is 5.75 Å². The van der Waals surface area contributed by atoms with E-state index in [1.54, 1.807) is 24.3 Å². The minimum atomic E-state index is -3.54. The van der Waals surface area contributed by atoms with Gasteiger partial charge in [0.1, 0.15) is 5.75 Å². The van der Waals surface area contributed by atoms with Gasteiger partial charge in [0, 0.05) is 36.9 Å². The number of aliphatic hydroxyl groups excluding tert-OH is 2. The van der Waals surface area contributed by atoms with Crippen LogP contribution in [-0.4, -0.2) is 56.1 Å². The molecular formula is C34H46N2O6S. The predicted octanol–water partition coefficient (Wildman–Crippen LogP) is 5.22. The molecule has 0 saturated heterocycles. The Labute approximate surface area is 256 Å². The Morgan fingerprint density at radius 3 is 2.44 bits per heavy atom.